The zero-order chi connectivity index (χ0) is 26.9. The number of amides is 1. The molecule has 0 N–H and O–H groups in total. The molecule has 2 saturated carbocycles. The van der Waals surface area contributed by atoms with E-state index < -0.39 is 0 Å². The van der Waals surface area contributed by atoms with E-state index in [1.165, 1.54) is 31.5 Å². The Bertz CT molecular complexity index is 1130. The van der Waals surface area contributed by atoms with Crippen molar-refractivity contribution in [2.24, 2.45) is 17.8 Å². The van der Waals surface area contributed by atoms with E-state index in [1.807, 2.05) is 18.2 Å². The van der Waals surface area contributed by atoms with Crippen molar-refractivity contribution >= 4 is 29.1 Å². The molecule has 0 radical (unpaired) electrons. The Balaban J connectivity index is 1.42. The highest BCUT2D eigenvalue weighted by molar-refractivity contribution is 6.42. The first-order chi connectivity index (χ1) is 18.3. The Kier molecular flexibility index (Phi) is 8.62. The predicted octanol–water partition coefficient (Wildman–Crippen LogP) is 7.25. The summed E-state index contributed by atoms with van der Waals surface area (Å²) in [4.78, 5) is 18.8. The summed E-state index contributed by atoms with van der Waals surface area (Å²) in [7, 11) is 1.75. The molecule has 3 fully saturated rings. The van der Waals surface area contributed by atoms with Gasteiger partial charge < -0.3 is 14.5 Å². The molecule has 3 atom stereocenters. The minimum absolute atomic E-state index is 0.0661. The molecule has 1 heterocycles. The highest BCUT2D eigenvalue weighted by Crippen LogP contribution is 2.51. The van der Waals surface area contributed by atoms with Crippen LogP contribution in [0.25, 0.3) is 0 Å². The van der Waals surface area contributed by atoms with Crippen LogP contribution < -0.4 is 4.74 Å². The van der Waals surface area contributed by atoms with Crippen molar-refractivity contribution in [3.05, 3.63) is 63.6 Å². The van der Waals surface area contributed by atoms with Crippen LogP contribution >= 0.6 is 23.2 Å². The van der Waals surface area contributed by atoms with Gasteiger partial charge in [-0.15, -0.1) is 0 Å². The molecule has 206 valence electrons. The van der Waals surface area contributed by atoms with Crippen LogP contribution in [0.4, 0.5) is 0 Å². The summed E-state index contributed by atoms with van der Waals surface area (Å²) in [5, 5.41) is 1.02. The number of likely N-dealkylation sites (tertiary alicyclic amines) is 1. The van der Waals surface area contributed by atoms with Gasteiger partial charge in [0.25, 0.3) is 0 Å². The van der Waals surface area contributed by atoms with Crippen molar-refractivity contribution < 1.29 is 9.53 Å². The Hall–Kier alpha value is -1.75. The van der Waals surface area contributed by atoms with Gasteiger partial charge in [0.05, 0.1) is 23.6 Å². The number of benzene rings is 2. The molecule has 6 heteroatoms. The molecule has 5 rings (SSSR count). The maximum atomic E-state index is 13.8. The second-order valence-electron chi connectivity index (χ2n) is 12.3. The fraction of sp³-hybridized carbons (Fsp3) is 0.594. The van der Waals surface area contributed by atoms with E-state index >= 15 is 0 Å². The molecule has 3 aliphatic rings. The Labute approximate surface area is 238 Å². The summed E-state index contributed by atoms with van der Waals surface area (Å²) in [5.41, 5.74) is 2.37. The number of carbonyl (C=O) groups excluding carboxylic acids is 1. The van der Waals surface area contributed by atoms with Gasteiger partial charge in [-0.1, -0.05) is 55.2 Å². The van der Waals surface area contributed by atoms with E-state index in [4.69, 9.17) is 27.9 Å². The number of halogens is 2. The first-order valence-corrected chi connectivity index (χ1v) is 15.1. The standard InChI is InChI=1S/C32H42Cl2N2O2/c1-22(2)19-36(31(37)16-24-9-12-29(33)30(34)15-24)27-11-10-26-21-35(20-23-7-8-23)14-13-32(26,18-27)25-5-4-6-28(17-25)38-3/h4-6,9,12,15,17,22-23,26-27H,7-8,10-11,13-14,16,18-21H2,1-3H3/t26-,27-,32+/m1/s1. The third kappa shape index (κ3) is 6.18. The fourth-order valence-corrected chi connectivity index (χ4v) is 7.31. The highest BCUT2D eigenvalue weighted by Gasteiger charge is 2.50. The van der Waals surface area contributed by atoms with Gasteiger partial charge in [-0.2, -0.15) is 0 Å². The molecule has 2 aliphatic carbocycles. The van der Waals surface area contributed by atoms with Crippen LogP contribution in [-0.4, -0.2) is 55.0 Å². The Morgan fingerprint density at radius 2 is 1.92 bits per heavy atom. The van der Waals surface area contributed by atoms with Crippen LogP contribution in [0.1, 0.15) is 63.5 Å². The number of hydrogen-bond acceptors (Lipinski definition) is 3. The number of ether oxygens (including phenoxy) is 1. The lowest BCUT2D eigenvalue weighted by molar-refractivity contribution is -0.135. The third-order valence-electron chi connectivity index (χ3n) is 9.10. The number of hydrogen-bond donors (Lipinski definition) is 0. The third-order valence-corrected chi connectivity index (χ3v) is 9.84. The lowest BCUT2D eigenvalue weighted by Crippen LogP contribution is -2.57. The van der Waals surface area contributed by atoms with Crippen molar-refractivity contribution in [2.45, 2.75) is 70.3 Å². The molecule has 1 aliphatic heterocycles. The molecule has 1 saturated heterocycles. The summed E-state index contributed by atoms with van der Waals surface area (Å²) >= 11 is 12.4. The molecule has 0 bridgehead atoms. The molecule has 1 amide bonds. The van der Waals surface area contributed by atoms with Gasteiger partial charge in [-0.25, -0.2) is 0 Å². The van der Waals surface area contributed by atoms with Crippen molar-refractivity contribution in [2.75, 3.05) is 33.3 Å². The summed E-state index contributed by atoms with van der Waals surface area (Å²) in [6.45, 7) is 8.76. The molecule has 38 heavy (non-hydrogen) atoms. The maximum Gasteiger partial charge on any atom is 0.227 e. The average molecular weight is 558 g/mol. The van der Waals surface area contributed by atoms with Gasteiger partial charge in [-0.3, -0.25) is 4.79 Å². The monoisotopic (exact) mass is 556 g/mol. The van der Waals surface area contributed by atoms with Crippen molar-refractivity contribution in [1.82, 2.24) is 9.80 Å². The van der Waals surface area contributed by atoms with Gasteiger partial charge >= 0.3 is 0 Å². The van der Waals surface area contributed by atoms with Gasteiger partial charge in [-0.05, 0) is 98.2 Å². The van der Waals surface area contributed by atoms with Gasteiger partial charge in [0.1, 0.15) is 5.75 Å². The summed E-state index contributed by atoms with van der Waals surface area (Å²) in [6.07, 6.45) is 7.52. The first kappa shape index (κ1) is 27.8. The van der Waals surface area contributed by atoms with Gasteiger partial charge in [0.2, 0.25) is 5.91 Å². The number of piperidine rings is 1. The molecule has 0 spiro atoms. The quantitative estimate of drug-likeness (QED) is 0.326. The normalized spacial score (nSPS) is 25.7. The van der Waals surface area contributed by atoms with Crippen LogP contribution in [0.3, 0.4) is 0 Å². The minimum Gasteiger partial charge on any atom is -0.497 e. The first-order valence-electron chi connectivity index (χ1n) is 14.4. The lowest BCUT2D eigenvalue weighted by Gasteiger charge is -2.55. The predicted molar refractivity (Wildman–Crippen MR) is 156 cm³/mol. The highest BCUT2D eigenvalue weighted by atomic mass is 35.5. The second kappa shape index (κ2) is 11.8. The second-order valence-corrected chi connectivity index (χ2v) is 13.2. The zero-order valence-corrected chi connectivity index (χ0v) is 24.6. The Morgan fingerprint density at radius 1 is 1.11 bits per heavy atom. The number of nitrogens with zero attached hydrogens (tertiary/aromatic N) is 2. The zero-order valence-electron chi connectivity index (χ0n) is 23.1. The lowest BCUT2D eigenvalue weighted by atomic mass is 9.57. The number of rotatable bonds is 9. The summed E-state index contributed by atoms with van der Waals surface area (Å²) < 4.78 is 5.66. The average Bonchev–Trinajstić information content (AvgIpc) is 3.73. The molecule has 0 aromatic heterocycles. The largest absolute Gasteiger partial charge is 0.497 e. The van der Waals surface area contributed by atoms with Crippen LogP contribution in [0.5, 0.6) is 5.75 Å². The van der Waals surface area contributed by atoms with Crippen LogP contribution in [-0.2, 0) is 16.6 Å². The smallest absolute Gasteiger partial charge is 0.227 e. The van der Waals surface area contributed by atoms with E-state index in [2.05, 4.69) is 41.8 Å². The fourth-order valence-electron chi connectivity index (χ4n) is 6.99. The summed E-state index contributed by atoms with van der Waals surface area (Å²) in [5.74, 6) is 3.03. The van der Waals surface area contributed by atoms with E-state index in [0.717, 1.165) is 56.0 Å². The number of carbonyl (C=O) groups is 1. The Morgan fingerprint density at radius 3 is 2.63 bits per heavy atom. The topological polar surface area (TPSA) is 32.8 Å². The minimum atomic E-state index is 0.0661. The SMILES string of the molecule is COc1cccc([C@@]23CCN(CC4CC4)C[C@H]2CC[C@@H](N(CC(C)C)C(=O)Cc2ccc(Cl)c(Cl)c2)C3)c1. The van der Waals surface area contributed by atoms with Crippen molar-refractivity contribution in [3.8, 4) is 5.75 Å². The van der Waals surface area contributed by atoms with Crippen LogP contribution in [0.2, 0.25) is 10.0 Å². The van der Waals surface area contributed by atoms with Crippen LogP contribution in [0.15, 0.2) is 42.5 Å². The van der Waals surface area contributed by atoms with Crippen molar-refractivity contribution in [3.63, 3.8) is 0 Å². The number of methoxy groups -OCH3 is 1. The molecular weight excluding hydrogens is 515 g/mol. The van der Waals surface area contributed by atoms with E-state index in [-0.39, 0.29) is 17.4 Å². The molecule has 2 aromatic carbocycles. The molecule has 0 unspecified atom stereocenters. The molecular formula is C32H42Cl2N2O2. The summed E-state index contributed by atoms with van der Waals surface area (Å²) in [6, 6.07) is 14.5. The maximum absolute atomic E-state index is 13.8. The van der Waals surface area contributed by atoms with Gasteiger partial charge in [0, 0.05) is 31.1 Å². The number of fused-ring (bicyclic) bond motifs is 1. The van der Waals surface area contributed by atoms with Crippen LogP contribution in [0, 0.1) is 17.8 Å². The van der Waals surface area contributed by atoms with E-state index in [9.17, 15) is 4.79 Å². The van der Waals surface area contributed by atoms with E-state index in [1.54, 1.807) is 13.2 Å². The van der Waals surface area contributed by atoms with Crippen molar-refractivity contribution in [1.29, 1.82) is 0 Å². The van der Waals surface area contributed by atoms with E-state index in [0.29, 0.717) is 28.3 Å². The van der Waals surface area contributed by atoms with Gasteiger partial charge in [0.15, 0.2) is 0 Å². The molecule has 4 nitrogen and oxygen atoms in total. The molecule has 2 aromatic rings.